The molecule has 1 saturated heterocycles. The molecular formula is C13H18BrNOS. The molecule has 0 aliphatic carbocycles. The molecule has 2 nitrogen and oxygen atoms in total. The van der Waals surface area contributed by atoms with E-state index in [2.05, 4.69) is 28.9 Å². The second kappa shape index (κ2) is 6.10. The largest absolute Gasteiger partial charge is 0.339 e. The minimum atomic E-state index is 0.211. The molecule has 2 rings (SSSR count). The second-order valence-electron chi connectivity index (χ2n) is 4.42. The van der Waals surface area contributed by atoms with E-state index in [0.717, 1.165) is 48.2 Å². The summed E-state index contributed by atoms with van der Waals surface area (Å²) in [5.74, 6) is 1.11. The number of nitrogens with zero attached hydrogens (tertiary/aromatic N) is 1. The van der Waals surface area contributed by atoms with Crippen LogP contribution in [0.5, 0.6) is 0 Å². The summed E-state index contributed by atoms with van der Waals surface area (Å²) in [5.41, 5.74) is 0.877. The average molecular weight is 316 g/mol. The van der Waals surface area contributed by atoms with E-state index in [9.17, 15) is 4.79 Å². The molecule has 17 heavy (non-hydrogen) atoms. The SMILES string of the molecule is CCC1=CC(C(=O)N2CCCCC2)=C(Br)CS1. The van der Waals surface area contributed by atoms with Crippen LogP contribution in [0.25, 0.3) is 0 Å². The van der Waals surface area contributed by atoms with Crippen LogP contribution in [0, 0.1) is 0 Å². The molecule has 94 valence electrons. The summed E-state index contributed by atoms with van der Waals surface area (Å²) < 4.78 is 1.05. The van der Waals surface area contributed by atoms with Gasteiger partial charge in [-0.2, -0.15) is 0 Å². The Morgan fingerprint density at radius 3 is 2.76 bits per heavy atom. The van der Waals surface area contributed by atoms with Crippen molar-refractivity contribution in [2.24, 2.45) is 0 Å². The topological polar surface area (TPSA) is 20.3 Å². The predicted octanol–water partition coefficient (Wildman–Crippen LogP) is 3.69. The average Bonchev–Trinajstić information content (AvgIpc) is 2.39. The highest BCUT2D eigenvalue weighted by Gasteiger charge is 2.23. The van der Waals surface area contributed by atoms with Crippen molar-refractivity contribution in [1.29, 1.82) is 0 Å². The molecule has 4 heteroatoms. The van der Waals surface area contributed by atoms with Crippen LogP contribution in [0.15, 0.2) is 21.0 Å². The highest BCUT2D eigenvalue weighted by atomic mass is 79.9. The van der Waals surface area contributed by atoms with E-state index in [0.29, 0.717) is 0 Å². The number of rotatable bonds is 2. The first-order chi connectivity index (χ1) is 8.22. The van der Waals surface area contributed by atoms with Gasteiger partial charge >= 0.3 is 0 Å². The first-order valence-electron chi connectivity index (χ1n) is 6.23. The maximum Gasteiger partial charge on any atom is 0.254 e. The van der Waals surface area contributed by atoms with Crippen LogP contribution in [0.2, 0.25) is 0 Å². The lowest BCUT2D eigenvalue weighted by Crippen LogP contribution is -2.36. The predicted molar refractivity (Wildman–Crippen MR) is 77.2 cm³/mol. The van der Waals surface area contributed by atoms with Crippen LogP contribution in [-0.2, 0) is 4.79 Å². The Hall–Kier alpha value is -0.220. The van der Waals surface area contributed by atoms with Crippen LogP contribution in [0.3, 0.4) is 0 Å². The fraction of sp³-hybridized carbons (Fsp3) is 0.615. The van der Waals surface area contributed by atoms with E-state index in [4.69, 9.17) is 0 Å². The van der Waals surface area contributed by atoms with E-state index < -0.39 is 0 Å². The second-order valence-corrected chi connectivity index (χ2v) is 6.48. The van der Waals surface area contributed by atoms with Crippen LogP contribution >= 0.6 is 27.7 Å². The molecule has 0 spiro atoms. The Morgan fingerprint density at radius 2 is 2.12 bits per heavy atom. The van der Waals surface area contributed by atoms with Crippen molar-refractivity contribution in [1.82, 2.24) is 4.90 Å². The van der Waals surface area contributed by atoms with Gasteiger partial charge in [0, 0.05) is 23.3 Å². The first-order valence-corrected chi connectivity index (χ1v) is 8.01. The summed E-state index contributed by atoms with van der Waals surface area (Å²) in [6.45, 7) is 3.98. The number of amides is 1. The third kappa shape index (κ3) is 3.16. The fourth-order valence-corrected chi connectivity index (χ4v) is 3.66. The third-order valence-electron chi connectivity index (χ3n) is 3.20. The highest BCUT2D eigenvalue weighted by Crippen LogP contribution is 2.33. The summed E-state index contributed by atoms with van der Waals surface area (Å²) in [7, 11) is 0. The minimum Gasteiger partial charge on any atom is -0.339 e. The van der Waals surface area contributed by atoms with Crippen LogP contribution in [0.1, 0.15) is 32.6 Å². The minimum absolute atomic E-state index is 0.211. The molecule has 1 fully saturated rings. The van der Waals surface area contributed by atoms with E-state index >= 15 is 0 Å². The molecule has 2 aliphatic heterocycles. The van der Waals surface area contributed by atoms with Crippen molar-refractivity contribution in [3.63, 3.8) is 0 Å². The smallest absolute Gasteiger partial charge is 0.254 e. The van der Waals surface area contributed by atoms with Crippen molar-refractivity contribution in [3.05, 3.63) is 21.0 Å². The third-order valence-corrected chi connectivity index (χ3v) is 5.49. The van der Waals surface area contributed by atoms with Crippen LogP contribution in [-0.4, -0.2) is 29.6 Å². The van der Waals surface area contributed by atoms with Gasteiger partial charge in [-0.05, 0) is 36.7 Å². The van der Waals surface area contributed by atoms with Gasteiger partial charge in [-0.25, -0.2) is 0 Å². The Kier molecular flexibility index (Phi) is 4.74. The molecule has 0 N–H and O–H groups in total. The van der Waals surface area contributed by atoms with Crippen molar-refractivity contribution < 1.29 is 4.79 Å². The first kappa shape index (κ1) is 13.2. The van der Waals surface area contributed by atoms with Gasteiger partial charge in [0.15, 0.2) is 0 Å². The Labute approximate surface area is 116 Å². The zero-order valence-electron chi connectivity index (χ0n) is 10.2. The van der Waals surface area contributed by atoms with Gasteiger partial charge in [0.05, 0.1) is 5.57 Å². The zero-order valence-corrected chi connectivity index (χ0v) is 12.6. The Morgan fingerprint density at radius 1 is 1.41 bits per heavy atom. The van der Waals surface area contributed by atoms with Crippen molar-refractivity contribution in [2.45, 2.75) is 32.6 Å². The van der Waals surface area contributed by atoms with Gasteiger partial charge in [0.1, 0.15) is 0 Å². The molecule has 1 amide bonds. The maximum atomic E-state index is 12.4. The van der Waals surface area contributed by atoms with E-state index in [1.165, 1.54) is 11.3 Å². The zero-order chi connectivity index (χ0) is 12.3. The number of allylic oxidation sites excluding steroid dienone is 1. The number of carbonyl (C=O) groups is 1. The van der Waals surface area contributed by atoms with Crippen LogP contribution < -0.4 is 0 Å². The Balaban J connectivity index is 2.14. The fourth-order valence-electron chi connectivity index (χ4n) is 2.16. The summed E-state index contributed by atoms with van der Waals surface area (Å²) in [4.78, 5) is 15.7. The maximum absolute atomic E-state index is 12.4. The lowest BCUT2D eigenvalue weighted by Gasteiger charge is -2.28. The summed E-state index contributed by atoms with van der Waals surface area (Å²) >= 11 is 5.37. The summed E-state index contributed by atoms with van der Waals surface area (Å²) in [6.07, 6.45) is 6.64. The Bertz CT molecular complexity index is 370. The van der Waals surface area contributed by atoms with Gasteiger partial charge in [-0.15, -0.1) is 11.8 Å². The molecule has 2 heterocycles. The molecular weight excluding hydrogens is 298 g/mol. The molecule has 0 bridgehead atoms. The molecule has 0 aromatic heterocycles. The number of piperidine rings is 1. The highest BCUT2D eigenvalue weighted by molar-refractivity contribution is 9.11. The normalized spacial score (nSPS) is 21.5. The van der Waals surface area contributed by atoms with Crippen molar-refractivity contribution >= 4 is 33.6 Å². The van der Waals surface area contributed by atoms with Gasteiger partial charge < -0.3 is 4.90 Å². The molecule has 0 unspecified atom stereocenters. The standard InChI is InChI=1S/C13H18BrNOS/c1-2-10-8-11(12(14)9-17-10)13(16)15-6-4-3-5-7-15/h8H,2-7,9H2,1H3. The van der Waals surface area contributed by atoms with E-state index in [-0.39, 0.29) is 5.91 Å². The van der Waals surface area contributed by atoms with Gasteiger partial charge in [0.2, 0.25) is 0 Å². The quantitative estimate of drug-likeness (QED) is 0.774. The molecule has 0 aromatic carbocycles. The number of hydrogen-bond donors (Lipinski definition) is 0. The summed E-state index contributed by atoms with van der Waals surface area (Å²) in [6, 6.07) is 0. The van der Waals surface area contributed by atoms with E-state index in [1.807, 2.05) is 16.7 Å². The molecule has 0 radical (unpaired) electrons. The number of thioether (sulfide) groups is 1. The number of carbonyl (C=O) groups excluding carboxylic acids is 1. The molecule has 0 aromatic rings. The molecule has 0 saturated carbocycles. The lowest BCUT2D eigenvalue weighted by molar-refractivity contribution is -0.127. The monoisotopic (exact) mass is 315 g/mol. The van der Waals surface area contributed by atoms with Crippen molar-refractivity contribution in [3.8, 4) is 0 Å². The lowest BCUT2D eigenvalue weighted by atomic mass is 10.1. The molecule has 0 atom stereocenters. The van der Waals surface area contributed by atoms with Gasteiger partial charge in [0.25, 0.3) is 5.91 Å². The molecule has 2 aliphatic rings. The van der Waals surface area contributed by atoms with Crippen molar-refractivity contribution in [2.75, 3.05) is 18.8 Å². The van der Waals surface area contributed by atoms with E-state index in [1.54, 1.807) is 0 Å². The van der Waals surface area contributed by atoms with Crippen LogP contribution in [0.4, 0.5) is 0 Å². The number of likely N-dealkylation sites (tertiary alicyclic amines) is 1. The number of hydrogen-bond acceptors (Lipinski definition) is 2. The van der Waals surface area contributed by atoms with Gasteiger partial charge in [-0.1, -0.05) is 22.9 Å². The number of halogens is 1. The summed E-state index contributed by atoms with van der Waals surface area (Å²) in [5, 5.41) is 0. The van der Waals surface area contributed by atoms with Gasteiger partial charge in [-0.3, -0.25) is 4.79 Å².